The Bertz CT molecular complexity index is 1310. The molecule has 0 aliphatic heterocycles. The molecule has 0 amide bonds. The molecule has 0 spiro atoms. The van der Waals surface area contributed by atoms with E-state index in [1.165, 1.54) is 6.07 Å². The van der Waals surface area contributed by atoms with Crippen LogP contribution in [0.1, 0.15) is 23.0 Å². The summed E-state index contributed by atoms with van der Waals surface area (Å²) in [6, 6.07) is 6.55. The summed E-state index contributed by atoms with van der Waals surface area (Å²) in [5, 5.41) is 3.88. The molecule has 1 unspecified atom stereocenters. The molecule has 0 saturated heterocycles. The standard InChI is InChI=1S/C22H18Cl2F3N7/c1-11-7-30-20(33-11)15-9-31-21(34-19(15)14-4-3-13(23)6-16(14)24)32-10-17(28)18-5-2-12(8-29-18)22(25,26)27/h2-9,17H,10,28H2,1H3,(H,30,33)(H,31,32,34). The minimum absolute atomic E-state index is 0.130. The van der Waals surface area contributed by atoms with Gasteiger partial charge in [-0.3, -0.25) is 4.98 Å². The largest absolute Gasteiger partial charge is 0.417 e. The lowest BCUT2D eigenvalue weighted by Gasteiger charge is -2.15. The van der Waals surface area contributed by atoms with E-state index in [0.717, 1.165) is 18.0 Å². The summed E-state index contributed by atoms with van der Waals surface area (Å²) in [5.41, 5.74) is 8.17. The molecule has 0 aliphatic rings. The number of hydrogen-bond acceptors (Lipinski definition) is 6. The summed E-state index contributed by atoms with van der Waals surface area (Å²) >= 11 is 12.5. The SMILES string of the molecule is Cc1cnc(-c2cnc(NCC(N)c3ccc(C(F)(F)F)cn3)nc2-c2ccc(Cl)cc2Cl)[nH]1. The number of nitrogens with zero attached hydrogens (tertiary/aromatic N) is 4. The van der Waals surface area contributed by atoms with Gasteiger partial charge in [-0.15, -0.1) is 0 Å². The predicted octanol–water partition coefficient (Wildman–Crippen LogP) is 5.67. The second-order valence-corrected chi connectivity index (χ2v) is 8.30. The van der Waals surface area contributed by atoms with Crippen molar-refractivity contribution in [1.82, 2.24) is 24.9 Å². The highest BCUT2D eigenvalue weighted by Crippen LogP contribution is 2.35. The van der Waals surface area contributed by atoms with Crippen LogP contribution in [0.3, 0.4) is 0 Å². The van der Waals surface area contributed by atoms with Gasteiger partial charge in [0.15, 0.2) is 0 Å². The van der Waals surface area contributed by atoms with Gasteiger partial charge in [-0.2, -0.15) is 13.2 Å². The van der Waals surface area contributed by atoms with Crippen molar-refractivity contribution in [2.24, 2.45) is 5.73 Å². The van der Waals surface area contributed by atoms with Crippen molar-refractivity contribution in [3.8, 4) is 22.6 Å². The Kier molecular flexibility index (Phi) is 6.74. The summed E-state index contributed by atoms with van der Waals surface area (Å²) in [7, 11) is 0. The highest BCUT2D eigenvalue weighted by Gasteiger charge is 2.30. The predicted molar refractivity (Wildman–Crippen MR) is 124 cm³/mol. The first-order valence-electron chi connectivity index (χ1n) is 9.99. The average Bonchev–Trinajstić information content (AvgIpc) is 3.23. The van der Waals surface area contributed by atoms with Crippen molar-refractivity contribution in [1.29, 1.82) is 0 Å². The first-order chi connectivity index (χ1) is 16.1. The molecular weight excluding hydrogens is 490 g/mol. The molecule has 3 aromatic heterocycles. The Morgan fingerprint density at radius 2 is 1.82 bits per heavy atom. The summed E-state index contributed by atoms with van der Waals surface area (Å²) in [5.74, 6) is 0.811. The van der Waals surface area contributed by atoms with Gasteiger partial charge >= 0.3 is 6.18 Å². The first kappa shape index (κ1) is 23.9. The zero-order chi connectivity index (χ0) is 24.5. The topological polar surface area (TPSA) is 105 Å². The number of aryl methyl sites for hydroxylation is 1. The maximum absolute atomic E-state index is 12.8. The minimum Gasteiger partial charge on any atom is -0.352 e. The van der Waals surface area contributed by atoms with Crippen LogP contribution >= 0.6 is 23.2 Å². The molecule has 4 N–H and O–H groups in total. The molecule has 176 valence electrons. The molecule has 7 nitrogen and oxygen atoms in total. The van der Waals surface area contributed by atoms with Crippen molar-refractivity contribution < 1.29 is 13.2 Å². The van der Waals surface area contributed by atoms with Crippen LogP contribution in [-0.2, 0) is 6.18 Å². The number of aromatic nitrogens is 5. The number of benzene rings is 1. The molecule has 0 bridgehead atoms. The molecule has 1 aromatic carbocycles. The number of imidazole rings is 1. The molecule has 1 atom stereocenters. The number of hydrogen-bond donors (Lipinski definition) is 3. The zero-order valence-electron chi connectivity index (χ0n) is 17.7. The van der Waals surface area contributed by atoms with Gasteiger partial charge in [-0.1, -0.05) is 23.2 Å². The van der Waals surface area contributed by atoms with Gasteiger partial charge in [-0.05, 0) is 37.3 Å². The lowest BCUT2D eigenvalue weighted by Crippen LogP contribution is -2.23. The molecule has 4 rings (SSSR count). The normalized spacial score (nSPS) is 12.6. The van der Waals surface area contributed by atoms with Crippen molar-refractivity contribution in [2.75, 3.05) is 11.9 Å². The van der Waals surface area contributed by atoms with E-state index in [2.05, 4.69) is 30.2 Å². The molecule has 12 heteroatoms. The first-order valence-corrected chi connectivity index (χ1v) is 10.7. The molecule has 0 saturated carbocycles. The third-order valence-corrected chi connectivity index (χ3v) is 5.45. The Morgan fingerprint density at radius 1 is 1.03 bits per heavy atom. The number of alkyl halides is 3. The van der Waals surface area contributed by atoms with E-state index in [9.17, 15) is 13.2 Å². The van der Waals surface area contributed by atoms with Gasteiger partial charge < -0.3 is 16.0 Å². The van der Waals surface area contributed by atoms with Gasteiger partial charge in [-0.25, -0.2) is 15.0 Å². The number of nitrogens with one attached hydrogen (secondary N) is 2. The number of halogens is 5. The van der Waals surface area contributed by atoms with Gasteiger partial charge in [0.05, 0.1) is 33.6 Å². The number of H-pyrrole nitrogens is 1. The van der Waals surface area contributed by atoms with E-state index in [1.54, 1.807) is 30.6 Å². The third-order valence-electron chi connectivity index (χ3n) is 4.91. The van der Waals surface area contributed by atoms with Gasteiger partial charge in [0, 0.05) is 41.4 Å². The van der Waals surface area contributed by atoms with Crippen molar-refractivity contribution in [2.45, 2.75) is 19.1 Å². The molecule has 0 fully saturated rings. The molecule has 0 aliphatic carbocycles. The van der Waals surface area contributed by atoms with Crippen LogP contribution < -0.4 is 11.1 Å². The highest BCUT2D eigenvalue weighted by molar-refractivity contribution is 6.36. The summed E-state index contributed by atoms with van der Waals surface area (Å²) in [4.78, 5) is 20.3. The number of rotatable bonds is 6. The smallest absolute Gasteiger partial charge is 0.352 e. The minimum atomic E-state index is -4.46. The van der Waals surface area contributed by atoms with Gasteiger partial charge in [0.25, 0.3) is 0 Å². The van der Waals surface area contributed by atoms with Crippen LogP contribution in [0.25, 0.3) is 22.6 Å². The number of pyridine rings is 1. The second-order valence-electron chi connectivity index (χ2n) is 7.45. The monoisotopic (exact) mass is 507 g/mol. The molecule has 0 radical (unpaired) electrons. The number of nitrogens with two attached hydrogens (primary N) is 1. The molecular formula is C22H18Cl2F3N7. The van der Waals surface area contributed by atoms with Crippen molar-refractivity contribution in [3.63, 3.8) is 0 Å². The maximum Gasteiger partial charge on any atom is 0.417 e. The molecule has 4 aromatic rings. The van der Waals surface area contributed by atoms with Crippen LogP contribution in [0, 0.1) is 6.92 Å². The third kappa shape index (κ3) is 5.30. The fourth-order valence-corrected chi connectivity index (χ4v) is 3.67. The fraction of sp³-hybridized carbons (Fsp3) is 0.182. The maximum atomic E-state index is 12.8. The number of aromatic amines is 1. The van der Waals surface area contributed by atoms with E-state index in [-0.39, 0.29) is 12.5 Å². The van der Waals surface area contributed by atoms with E-state index in [4.69, 9.17) is 28.9 Å². The van der Waals surface area contributed by atoms with Crippen molar-refractivity contribution in [3.05, 3.63) is 75.9 Å². The zero-order valence-corrected chi connectivity index (χ0v) is 19.2. The van der Waals surface area contributed by atoms with Crippen LogP contribution in [0.4, 0.5) is 19.1 Å². The van der Waals surface area contributed by atoms with Crippen LogP contribution in [0.15, 0.2) is 48.9 Å². The number of anilines is 1. The summed E-state index contributed by atoms with van der Waals surface area (Å²) in [6.07, 6.45) is -0.428. The fourth-order valence-electron chi connectivity index (χ4n) is 3.17. The average molecular weight is 508 g/mol. The van der Waals surface area contributed by atoms with E-state index < -0.39 is 17.8 Å². The quantitative estimate of drug-likeness (QED) is 0.310. The van der Waals surface area contributed by atoms with E-state index in [0.29, 0.717) is 38.4 Å². The summed E-state index contributed by atoms with van der Waals surface area (Å²) in [6.45, 7) is 2.00. The van der Waals surface area contributed by atoms with Gasteiger partial charge in [0.1, 0.15) is 5.82 Å². The van der Waals surface area contributed by atoms with Gasteiger partial charge in [0.2, 0.25) is 5.95 Å². The van der Waals surface area contributed by atoms with Crippen LogP contribution in [0.5, 0.6) is 0 Å². The van der Waals surface area contributed by atoms with E-state index in [1.807, 2.05) is 6.92 Å². The highest BCUT2D eigenvalue weighted by atomic mass is 35.5. The van der Waals surface area contributed by atoms with Crippen molar-refractivity contribution >= 4 is 29.2 Å². The molecule has 34 heavy (non-hydrogen) atoms. The Morgan fingerprint density at radius 3 is 2.44 bits per heavy atom. The summed E-state index contributed by atoms with van der Waals surface area (Å²) < 4.78 is 38.3. The van der Waals surface area contributed by atoms with Crippen LogP contribution in [0.2, 0.25) is 10.0 Å². The lowest BCUT2D eigenvalue weighted by molar-refractivity contribution is -0.137. The van der Waals surface area contributed by atoms with E-state index >= 15 is 0 Å². The Labute approximate surface area is 202 Å². The second kappa shape index (κ2) is 9.57. The Hall–Kier alpha value is -3.21. The lowest BCUT2D eigenvalue weighted by atomic mass is 10.1. The van der Waals surface area contributed by atoms with Crippen LogP contribution in [-0.4, -0.2) is 31.5 Å². The molecule has 3 heterocycles. The Balaban J connectivity index is 1.60.